The van der Waals surface area contributed by atoms with Crippen molar-refractivity contribution in [1.82, 2.24) is 0 Å². The third-order valence-corrected chi connectivity index (χ3v) is 7.26. The number of fused-ring (bicyclic) bond motifs is 1. The first-order chi connectivity index (χ1) is 9.04. The lowest BCUT2D eigenvalue weighted by Crippen LogP contribution is -2.41. The normalized spacial score (nSPS) is 40.4. The number of Topliss-reactive ketones (excluding diaryl/α,β-unsaturated/α-hetero) is 1. The summed E-state index contributed by atoms with van der Waals surface area (Å²) < 4.78 is 0. The summed E-state index contributed by atoms with van der Waals surface area (Å²) in [4.78, 5) is 12.7. The molecule has 0 heterocycles. The Morgan fingerprint density at radius 1 is 1.15 bits per heavy atom. The molecule has 2 rings (SSSR count). The molecule has 0 unspecified atom stereocenters. The van der Waals surface area contributed by atoms with Crippen LogP contribution in [0.15, 0.2) is 0 Å². The molecule has 0 aromatic carbocycles. The van der Waals surface area contributed by atoms with Crippen LogP contribution in [0.1, 0.15) is 59.3 Å². The van der Waals surface area contributed by atoms with Gasteiger partial charge in [-0.15, -0.1) is 11.5 Å². The van der Waals surface area contributed by atoms with Gasteiger partial charge in [0.2, 0.25) is 0 Å². The van der Waals surface area contributed by atoms with E-state index >= 15 is 0 Å². The van der Waals surface area contributed by atoms with E-state index in [1.54, 1.807) is 0 Å². The Hall–Kier alpha value is -0.553. The summed E-state index contributed by atoms with van der Waals surface area (Å²) in [5.74, 6) is 3.86. The minimum absolute atomic E-state index is 0.146. The Morgan fingerprint density at radius 3 is 2.40 bits per heavy atom. The van der Waals surface area contributed by atoms with Gasteiger partial charge in [-0.2, -0.15) is 0 Å². The van der Waals surface area contributed by atoms with Gasteiger partial charge in [-0.1, -0.05) is 46.8 Å². The predicted octanol–water partition coefficient (Wildman–Crippen LogP) is 4.82. The van der Waals surface area contributed by atoms with Crippen LogP contribution in [0.25, 0.3) is 0 Å². The van der Waals surface area contributed by atoms with Crippen LogP contribution in [-0.2, 0) is 4.79 Å². The first kappa shape index (κ1) is 15.8. The number of carbonyl (C=O) groups excluding carboxylic acids is 1. The van der Waals surface area contributed by atoms with Gasteiger partial charge in [0.15, 0.2) is 0 Å². The summed E-state index contributed by atoms with van der Waals surface area (Å²) in [6.07, 6.45) is 6.37. The Kier molecular flexibility index (Phi) is 3.75. The van der Waals surface area contributed by atoms with Crippen LogP contribution in [-0.4, -0.2) is 13.9 Å². The number of ketones is 1. The molecular formula is C18H30OSi. The van der Waals surface area contributed by atoms with Gasteiger partial charge in [-0.25, -0.2) is 0 Å². The number of rotatable bonds is 2. The molecule has 1 nitrogen and oxygen atoms in total. The minimum Gasteiger partial charge on any atom is -0.299 e. The highest BCUT2D eigenvalue weighted by Crippen LogP contribution is 2.69. The van der Waals surface area contributed by atoms with Gasteiger partial charge >= 0.3 is 0 Å². The lowest BCUT2D eigenvalue weighted by atomic mass is 9.58. The molecule has 20 heavy (non-hydrogen) atoms. The molecule has 0 aromatic rings. The fourth-order valence-corrected chi connectivity index (χ4v) is 5.20. The van der Waals surface area contributed by atoms with E-state index in [2.05, 4.69) is 51.9 Å². The highest BCUT2D eigenvalue weighted by atomic mass is 28.3. The molecule has 0 aromatic heterocycles. The van der Waals surface area contributed by atoms with E-state index in [0.29, 0.717) is 5.78 Å². The van der Waals surface area contributed by atoms with Crippen molar-refractivity contribution in [1.29, 1.82) is 0 Å². The molecule has 2 saturated carbocycles. The first-order valence-electron chi connectivity index (χ1n) is 8.08. The third kappa shape index (κ3) is 2.28. The molecule has 0 radical (unpaired) electrons. The van der Waals surface area contributed by atoms with E-state index in [0.717, 1.165) is 19.3 Å². The van der Waals surface area contributed by atoms with E-state index in [1.807, 2.05) is 0 Å². The highest BCUT2D eigenvalue weighted by molar-refractivity contribution is 6.83. The maximum absolute atomic E-state index is 12.7. The van der Waals surface area contributed by atoms with Crippen LogP contribution in [0.3, 0.4) is 0 Å². The Bertz CT molecular complexity index is 478. The zero-order valence-electron chi connectivity index (χ0n) is 14.2. The molecule has 3 atom stereocenters. The Morgan fingerprint density at radius 2 is 1.80 bits per heavy atom. The van der Waals surface area contributed by atoms with Crippen molar-refractivity contribution in [2.75, 3.05) is 0 Å². The summed E-state index contributed by atoms with van der Waals surface area (Å²) in [7, 11) is -1.28. The zero-order chi connectivity index (χ0) is 15.2. The van der Waals surface area contributed by atoms with E-state index in [-0.39, 0.29) is 16.2 Å². The first-order valence-corrected chi connectivity index (χ1v) is 11.6. The van der Waals surface area contributed by atoms with Crippen LogP contribution >= 0.6 is 0 Å². The van der Waals surface area contributed by atoms with Crippen molar-refractivity contribution in [2.45, 2.75) is 78.9 Å². The molecule has 2 aliphatic rings. The number of hydrogen-bond acceptors (Lipinski definition) is 1. The van der Waals surface area contributed by atoms with Crippen LogP contribution in [0, 0.1) is 27.7 Å². The predicted molar refractivity (Wildman–Crippen MR) is 88.2 cm³/mol. The standard InChI is InChI=1S/C18H30OSi/c1-16-10-9-12-18(16,3)17(2,15(19)14-16)11-7-8-13-20(4,5)6/h7,9-12,14H2,1-6H3/t16-,17+,18-/m0/s1. The smallest absolute Gasteiger partial charge is 0.139 e. The van der Waals surface area contributed by atoms with E-state index in [4.69, 9.17) is 0 Å². The van der Waals surface area contributed by atoms with Crippen molar-refractivity contribution >= 4 is 13.9 Å². The van der Waals surface area contributed by atoms with Crippen molar-refractivity contribution in [3.63, 3.8) is 0 Å². The molecule has 0 bridgehead atoms. The monoisotopic (exact) mass is 290 g/mol. The lowest BCUT2D eigenvalue weighted by Gasteiger charge is -2.44. The molecule has 0 N–H and O–H groups in total. The lowest BCUT2D eigenvalue weighted by molar-refractivity contribution is -0.129. The number of carbonyl (C=O) groups is 1. The van der Waals surface area contributed by atoms with Gasteiger partial charge in [0.05, 0.1) is 0 Å². The van der Waals surface area contributed by atoms with Crippen LogP contribution in [0.4, 0.5) is 0 Å². The second-order valence-corrected chi connectivity index (χ2v) is 13.5. The van der Waals surface area contributed by atoms with Crippen molar-refractivity contribution < 1.29 is 4.79 Å². The summed E-state index contributed by atoms with van der Waals surface area (Å²) in [6.45, 7) is 13.8. The second-order valence-electron chi connectivity index (χ2n) is 8.73. The fourth-order valence-electron chi connectivity index (χ4n) is 4.55. The van der Waals surface area contributed by atoms with E-state index < -0.39 is 8.07 Å². The fraction of sp³-hybridized carbons (Fsp3) is 0.833. The maximum atomic E-state index is 12.7. The van der Waals surface area contributed by atoms with Crippen LogP contribution < -0.4 is 0 Å². The SMILES string of the molecule is C[C@@]12CCC[C@]1(C)[C@](C)(CCC#C[Si](C)(C)C)C(=O)C2. The highest BCUT2D eigenvalue weighted by Gasteiger charge is 2.66. The van der Waals surface area contributed by atoms with Crippen molar-refractivity contribution in [2.24, 2.45) is 16.2 Å². The van der Waals surface area contributed by atoms with Gasteiger partial charge in [0.25, 0.3) is 0 Å². The Labute approximate surface area is 125 Å². The van der Waals surface area contributed by atoms with Gasteiger partial charge in [-0.3, -0.25) is 4.79 Å². The molecule has 0 aliphatic heterocycles. The molecule has 112 valence electrons. The number of hydrogen-bond donors (Lipinski definition) is 0. The maximum Gasteiger partial charge on any atom is 0.139 e. The third-order valence-electron chi connectivity index (χ3n) is 6.33. The van der Waals surface area contributed by atoms with Gasteiger partial charge in [-0.05, 0) is 30.1 Å². The largest absolute Gasteiger partial charge is 0.299 e. The summed E-state index contributed by atoms with van der Waals surface area (Å²) in [6, 6.07) is 0. The van der Waals surface area contributed by atoms with Crippen LogP contribution in [0.5, 0.6) is 0 Å². The molecule has 0 amide bonds. The van der Waals surface area contributed by atoms with Crippen molar-refractivity contribution in [3.8, 4) is 11.5 Å². The summed E-state index contributed by atoms with van der Waals surface area (Å²) in [5.41, 5.74) is 3.72. The van der Waals surface area contributed by atoms with Gasteiger partial charge in [0, 0.05) is 18.3 Å². The van der Waals surface area contributed by atoms with E-state index in [1.165, 1.54) is 19.3 Å². The molecule has 2 heteroatoms. The summed E-state index contributed by atoms with van der Waals surface area (Å²) >= 11 is 0. The Balaban J connectivity index is 2.16. The summed E-state index contributed by atoms with van der Waals surface area (Å²) in [5, 5.41) is 0. The van der Waals surface area contributed by atoms with E-state index in [9.17, 15) is 4.79 Å². The van der Waals surface area contributed by atoms with Crippen LogP contribution in [0.2, 0.25) is 19.6 Å². The second kappa shape index (κ2) is 4.73. The molecule has 2 aliphatic carbocycles. The molecular weight excluding hydrogens is 260 g/mol. The minimum atomic E-state index is -1.28. The topological polar surface area (TPSA) is 17.1 Å². The average Bonchev–Trinajstić information content (AvgIpc) is 2.66. The van der Waals surface area contributed by atoms with Gasteiger partial charge < -0.3 is 0 Å². The average molecular weight is 291 g/mol. The van der Waals surface area contributed by atoms with Crippen molar-refractivity contribution in [3.05, 3.63) is 0 Å². The van der Waals surface area contributed by atoms with Gasteiger partial charge in [0.1, 0.15) is 13.9 Å². The molecule has 0 spiro atoms. The zero-order valence-corrected chi connectivity index (χ0v) is 15.2. The molecule has 0 saturated heterocycles. The molecule has 2 fully saturated rings. The quantitative estimate of drug-likeness (QED) is 0.526.